The van der Waals surface area contributed by atoms with Crippen molar-refractivity contribution in [2.45, 2.75) is 25.9 Å². The number of rotatable bonds is 7. The molecule has 0 radical (unpaired) electrons. The van der Waals surface area contributed by atoms with Crippen molar-refractivity contribution in [2.75, 3.05) is 6.61 Å². The third kappa shape index (κ3) is 4.34. The molecule has 0 bridgehead atoms. The Morgan fingerprint density at radius 1 is 1.44 bits per heavy atom. The summed E-state index contributed by atoms with van der Waals surface area (Å²) >= 11 is 0. The Hall–Kier alpha value is -1.61. The van der Waals surface area contributed by atoms with E-state index in [0.717, 1.165) is 12.0 Å². The van der Waals surface area contributed by atoms with Crippen LogP contribution in [-0.2, 0) is 16.0 Å². The molecule has 0 spiro atoms. The van der Waals surface area contributed by atoms with Crippen LogP contribution in [0.2, 0.25) is 0 Å². The van der Waals surface area contributed by atoms with Gasteiger partial charge in [-0.05, 0) is 25.3 Å². The second kappa shape index (κ2) is 7.67. The van der Waals surface area contributed by atoms with Gasteiger partial charge in [-0.25, -0.2) is 0 Å². The number of aliphatic hydroxyl groups excluding tert-OH is 1. The number of hydrogen-bond donors (Lipinski definition) is 1. The van der Waals surface area contributed by atoms with E-state index in [0.29, 0.717) is 13.0 Å². The lowest BCUT2D eigenvalue weighted by atomic mass is 9.96. The minimum atomic E-state index is -0.748. The van der Waals surface area contributed by atoms with Crippen LogP contribution in [0.1, 0.15) is 18.9 Å². The quantitative estimate of drug-likeness (QED) is 0.595. The van der Waals surface area contributed by atoms with E-state index in [-0.39, 0.29) is 0 Å². The first-order valence-electron chi connectivity index (χ1n) is 6.20. The highest BCUT2D eigenvalue weighted by atomic mass is 16.5. The highest BCUT2D eigenvalue weighted by Crippen LogP contribution is 2.14. The molecule has 0 aliphatic heterocycles. The summed E-state index contributed by atoms with van der Waals surface area (Å²) in [6.45, 7) is 5.64. The first kappa shape index (κ1) is 14.5. The number of esters is 1. The van der Waals surface area contributed by atoms with Crippen molar-refractivity contribution >= 4 is 5.97 Å². The summed E-state index contributed by atoms with van der Waals surface area (Å²) in [7, 11) is 0. The fraction of sp³-hybridized carbons (Fsp3) is 0.400. The number of carbonyl (C=O) groups is 1. The van der Waals surface area contributed by atoms with Crippen LogP contribution < -0.4 is 0 Å². The summed E-state index contributed by atoms with van der Waals surface area (Å²) in [4.78, 5) is 11.6. The Balaban J connectivity index is 2.50. The summed E-state index contributed by atoms with van der Waals surface area (Å²) in [5, 5.41) is 10.00. The van der Waals surface area contributed by atoms with Crippen molar-refractivity contribution in [3.8, 4) is 0 Å². The minimum absolute atomic E-state index is 0.314. The average Bonchev–Trinajstić information content (AvgIpc) is 2.39. The molecule has 1 N–H and O–H groups in total. The van der Waals surface area contributed by atoms with Crippen LogP contribution in [0.25, 0.3) is 0 Å². The van der Waals surface area contributed by atoms with E-state index in [1.165, 1.54) is 6.08 Å². The summed E-state index contributed by atoms with van der Waals surface area (Å²) in [5.41, 5.74) is 1.14. The minimum Gasteiger partial charge on any atom is -0.465 e. The van der Waals surface area contributed by atoms with Gasteiger partial charge in [0.05, 0.1) is 12.7 Å². The van der Waals surface area contributed by atoms with Crippen LogP contribution in [0.15, 0.2) is 43.0 Å². The average molecular weight is 248 g/mol. The zero-order valence-corrected chi connectivity index (χ0v) is 10.7. The molecule has 3 nitrogen and oxygen atoms in total. The Labute approximate surface area is 108 Å². The number of benzene rings is 1. The first-order chi connectivity index (χ1) is 8.69. The topological polar surface area (TPSA) is 46.5 Å². The molecule has 0 fully saturated rings. The molecule has 2 atom stereocenters. The van der Waals surface area contributed by atoms with Gasteiger partial charge < -0.3 is 9.84 Å². The first-order valence-corrected chi connectivity index (χ1v) is 6.20. The van der Waals surface area contributed by atoms with Gasteiger partial charge in [0.2, 0.25) is 0 Å². The molecule has 18 heavy (non-hydrogen) atoms. The van der Waals surface area contributed by atoms with E-state index < -0.39 is 18.0 Å². The number of aryl methyl sites for hydroxylation is 1. The maximum atomic E-state index is 11.6. The number of carbonyl (C=O) groups excluding carboxylic acids is 1. The summed E-state index contributed by atoms with van der Waals surface area (Å²) < 4.78 is 4.90. The molecule has 0 saturated carbocycles. The van der Waals surface area contributed by atoms with Crippen LogP contribution in [-0.4, -0.2) is 23.8 Å². The molecular weight excluding hydrogens is 228 g/mol. The maximum absolute atomic E-state index is 11.6. The van der Waals surface area contributed by atoms with E-state index in [1.807, 2.05) is 30.3 Å². The molecule has 1 aromatic carbocycles. The molecule has 0 aromatic heterocycles. The van der Waals surface area contributed by atoms with E-state index in [9.17, 15) is 9.90 Å². The Bertz CT molecular complexity index is 373. The van der Waals surface area contributed by atoms with Crippen molar-refractivity contribution in [3.05, 3.63) is 48.6 Å². The van der Waals surface area contributed by atoms with Crippen molar-refractivity contribution in [1.29, 1.82) is 0 Å². The van der Waals surface area contributed by atoms with Crippen LogP contribution in [0.5, 0.6) is 0 Å². The van der Waals surface area contributed by atoms with Crippen molar-refractivity contribution in [2.24, 2.45) is 5.92 Å². The van der Waals surface area contributed by atoms with Crippen molar-refractivity contribution in [3.63, 3.8) is 0 Å². The monoisotopic (exact) mass is 248 g/mol. The summed E-state index contributed by atoms with van der Waals surface area (Å²) in [5.74, 6) is -1.05. The Morgan fingerprint density at radius 2 is 2.11 bits per heavy atom. The van der Waals surface area contributed by atoms with Gasteiger partial charge in [-0.15, -0.1) is 6.58 Å². The normalized spacial score (nSPS) is 13.7. The standard InChI is InChI=1S/C15H20O3/c1-3-13(15(17)18-4-2)14(16)11-10-12-8-6-5-7-9-12/h3,5-9,13-14,16H,1,4,10-11H2,2H3/t13-,14+/m1/s1. The van der Waals surface area contributed by atoms with Gasteiger partial charge in [-0.2, -0.15) is 0 Å². The SMILES string of the molecule is C=C[C@@H](C(=O)OCC)[C@@H](O)CCc1ccccc1. The lowest BCUT2D eigenvalue weighted by Gasteiger charge is -2.18. The zero-order valence-electron chi connectivity index (χ0n) is 10.7. The second-order valence-electron chi connectivity index (χ2n) is 4.11. The third-order valence-corrected chi connectivity index (χ3v) is 2.80. The second-order valence-corrected chi connectivity index (χ2v) is 4.11. The van der Waals surface area contributed by atoms with Gasteiger partial charge in [0.25, 0.3) is 0 Å². The van der Waals surface area contributed by atoms with Gasteiger partial charge in [-0.1, -0.05) is 36.4 Å². The fourth-order valence-electron chi connectivity index (χ4n) is 1.79. The molecule has 0 aliphatic carbocycles. The van der Waals surface area contributed by atoms with Crippen molar-refractivity contribution in [1.82, 2.24) is 0 Å². The smallest absolute Gasteiger partial charge is 0.315 e. The number of aliphatic hydroxyl groups is 1. The van der Waals surface area contributed by atoms with E-state index in [1.54, 1.807) is 6.92 Å². The van der Waals surface area contributed by atoms with E-state index >= 15 is 0 Å². The highest BCUT2D eigenvalue weighted by Gasteiger charge is 2.24. The van der Waals surface area contributed by atoms with Gasteiger partial charge >= 0.3 is 5.97 Å². The lowest BCUT2D eigenvalue weighted by Crippen LogP contribution is -2.28. The predicted molar refractivity (Wildman–Crippen MR) is 71.1 cm³/mol. The van der Waals surface area contributed by atoms with Gasteiger partial charge in [0.15, 0.2) is 0 Å². The van der Waals surface area contributed by atoms with Crippen LogP contribution >= 0.6 is 0 Å². The van der Waals surface area contributed by atoms with E-state index in [4.69, 9.17) is 4.74 Å². The molecule has 98 valence electrons. The molecule has 0 amide bonds. The van der Waals surface area contributed by atoms with Gasteiger partial charge in [0.1, 0.15) is 5.92 Å². The molecule has 3 heteroatoms. The molecule has 0 unspecified atom stereocenters. The summed E-state index contributed by atoms with van der Waals surface area (Å²) in [6.07, 6.45) is 1.94. The van der Waals surface area contributed by atoms with E-state index in [2.05, 4.69) is 6.58 Å². The zero-order chi connectivity index (χ0) is 13.4. The predicted octanol–water partition coefficient (Wildman–Crippen LogP) is 2.35. The van der Waals surface area contributed by atoms with Crippen LogP contribution in [0.4, 0.5) is 0 Å². The molecule has 0 saturated heterocycles. The van der Waals surface area contributed by atoms with Crippen LogP contribution in [0, 0.1) is 5.92 Å². The van der Waals surface area contributed by atoms with Crippen molar-refractivity contribution < 1.29 is 14.6 Å². The fourth-order valence-corrected chi connectivity index (χ4v) is 1.79. The summed E-state index contributed by atoms with van der Waals surface area (Å²) in [6, 6.07) is 9.86. The Morgan fingerprint density at radius 3 is 2.67 bits per heavy atom. The number of ether oxygens (including phenoxy) is 1. The molecule has 0 aliphatic rings. The molecule has 1 rings (SSSR count). The van der Waals surface area contributed by atoms with Crippen LogP contribution in [0.3, 0.4) is 0 Å². The number of hydrogen-bond acceptors (Lipinski definition) is 3. The Kier molecular flexibility index (Phi) is 6.15. The maximum Gasteiger partial charge on any atom is 0.315 e. The molecule has 0 heterocycles. The highest BCUT2D eigenvalue weighted by molar-refractivity contribution is 5.75. The molecular formula is C15H20O3. The largest absolute Gasteiger partial charge is 0.465 e. The van der Waals surface area contributed by atoms with Gasteiger partial charge in [-0.3, -0.25) is 4.79 Å². The molecule has 1 aromatic rings. The third-order valence-electron chi connectivity index (χ3n) is 2.80. The lowest BCUT2D eigenvalue weighted by molar-refractivity contribution is -0.149. The van der Waals surface area contributed by atoms with Gasteiger partial charge in [0, 0.05) is 0 Å².